The number of halogens is 2. The van der Waals surface area contributed by atoms with Crippen LogP contribution in [0.2, 0.25) is 0 Å². The molecular weight excluding hydrogens is 334 g/mol. The molecule has 2 aliphatic carbocycles. The van der Waals surface area contributed by atoms with Crippen LogP contribution in [0, 0.1) is 62.9 Å². The van der Waals surface area contributed by atoms with E-state index in [1.165, 1.54) is 6.07 Å². The topological polar surface area (TPSA) is 97.4 Å². The Morgan fingerprint density at radius 2 is 1.88 bits per heavy atom. The predicted molar refractivity (Wildman–Crippen MR) is 89.6 cm³/mol. The predicted octanol–water partition coefficient (Wildman–Crippen LogP) is 3.80. The lowest BCUT2D eigenvalue weighted by Crippen LogP contribution is -2.43. The minimum Gasteiger partial charge on any atom is -0.399 e. The Hall–Kier alpha value is -3.17. The Morgan fingerprint density at radius 1 is 1.19 bits per heavy atom. The summed E-state index contributed by atoms with van der Waals surface area (Å²) in [5.74, 6) is -2.65. The smallest absolute Gasteiger partial charge is 0.191 e. The largest absolute Gasteiger partial charge is 0.399 e. The van der Waals surface area contributed by atoms with Crippen LogP contribution >= 0.6 is 0 Å². The van der Waals surface area contributed by atoms with Gasteiger partial charge in [0, 0.05) is 12.0 Å². The summed E-state index contributed by atoms with van der Waals surface area (Å²) in [6.45, 7) is 2.01. The first-order valence-electron chi connectivity index (χ1n) is 8.27. The fourth-order valence-corrected chi connectivity index (χ4v) is 4.17. The van der Waals surface area contributed by atoms with Gasteiger partial charge in [-0.1, -0.05) is 19.1 Å². The highest BCUT2D eigenvalue weighted by molar-refractivity contribution is 5.59. The zero-order valence-corrected chi connectivity index (χ0v) is 14.1. The molecular formula is C20H16F2N4. The molecule has 0 heterocycles. The maximum absolute atomic E-state index is 14.6. The summed E-state index contributed by atoms with van der Waals surface area (Å²) in [6.07, 6.45) is 3.20. The van der Waals surface area contributed by atoms with Crippen molar-refractivity contribution in [3.8, 4) is 18.2 Å². The zero-order valence-electron chi connectivity index (χ0n) is 14.1. The average Bonchev–Trinajstić information content (AvgIpc) is 2.62. The minimum atomic E-state index is -1.89. The van der Waals surface area contributed by atoms with Crippen molar-refractivity contribution in [3.05, 3.63) is 58.3 Å². The summed E-state index contributed by atoms with van der Waals surface area (Å²) in [4.78, 5) is 0. The second-order valence-electron chi connectivity index (χ2n) is 6.92. The maximum atomic E-state index is 14.6. The van der Waals surface area contributed by atoms with Crippen molar-refractivity contribution in [1.29, 1.82) is 15.8 Å². The van der Waals surface area contributed by atoms with Gasteiger partial charge in [-0.25, -0.2) is 8.78 Å². The normalized spacial score (nSPS) is 26.8. The van der Waals surface area contributed by atoms with E-state index < -0.39 is 28.9 Å². The summed E-state index contributed by atoms with van der Waals surface area (Å²) in [7, 11) is 0. The van der Waals surface area contributed by atoms with Crippen molar-refractivity contribution in [2.45, 2.75) is 25.7 Å². The number of allylic oxidation sites excluding steroid dienone is 4. The molecule has 4 nitrogen and oxygen atoms in total. The third-order valence-corrected chi connectivity index (χ3v) is 5.41. The van der Waals surface area contributed by atoms with Crippen LogP contribution in [0.1, 0.15) is 31.2 Å². The van der Waals surface area contributed by atoms with Crippen LogP contribution in [-0.4, -0.2) is 0 Å². The molecule has 1 aromatic rings. The second-order valence-corrected chi connectivity index (χ2v) is 6.92. The summed E-state index contributed by atoms with van der Waals surface area (Å²) in [5.41, 5.74) is 4.92. The number of hydrogen-bond donors (Lipinski definition) is 1. The Labute approximate surface area is 150 Å². The molecule has 3 atom stereocenters. The van der Waals surface area contributed by atoms with Gasteiger partial charge in [-0.15, -0.1) is 0 Å². The van der Waals surface area contributed by atoms with Crippen molar-refractivity contribution in [2.75, 3.05) is 0 Å². The number of rotatable bonds is 1. The Morgan fingerprint density at radius 3 is 2.46 bits per heavy atom. The zero-order chi connectivity index (χ0) is 19.1. The van der Waals surface area contributed by atoms with Crippen molar-refractivity contribution in [2.24, 2.45) is 23.0 Å². The standard InChI is InChI=1S/C20H16F2N4/c1-11-2-4-13-15(6-11)18(14-5-3-12(21)7-17(14)22)20(9-24,10-25)19(26)16(13)8-23/h3-5,7,11,15,18H,2,6,26H2,1H3/t11-,15+,18-/m1/s1. The van der Waals surface area contributed by atoms with Crippen LogP contribution in [0.25, 0.3) is 0 Å². The van der Waals surface area contributed by atoms with Gasteiger partial charge in [0.15, 0.2) is 5.41 Å². The number of benzene rings is 1. The highest BCUT2D eigenvalue weighted by atomic mass is 19.1. The Kier molecular flexibility index (Phi) is 4.26. The molecule has 0 bridgehead atoms. The first-order valence-corrected chi connectivity index (χ1v) is 8.27. The van der Waals surface area contributed by atoms with Crippen molar-refractivity contribution >= 4 is 0 Å². The lowest BCUT2D eigenvalue weighted by molar-refractivity contribution is 0.278. The minimum absolute atomic E-state index is 0.0689. The van der Waals surface area contributed by atoms with E-state index in [2.05, 4.69) is 0 Å². The van der Waals surface area contributed by atoms with Gasteiger partial charge in [0.2, 0.25) is 0 Å². The van der Waals surface area contributed by atoms with Crippen molar-refractivity contribution in [3.63, 3.8) is 0 Å². The molecule has 0 unspecified atom stereocenters. The summed E-state index contributed by atoms with van der Waals surface area (Å²) < 4.78 is 28.0. The van der Waals surface area contributed by atoms with Gasteiger partial charge in [0.1, 0.15) is 17.7 Å². The highest BCUT2D eigenvalue weighted by Crippen LogP contribution is 2.56. The van der Waals surface area contributed by atoms with Gasteiger partial charge in [-0.2, -0.15) is 15.8 Å². The average molecular weight is 350 g/mol. The van der Waals surface area contributed by atoms with Gasteiger partial charge in [-0.3, -0.25) is 0 Å². The monoisotopic (exact) mass is 350 g/mol. The second kappa shape index (κ2) is 6.28. The van der Waals surface area contributed by atoms with Crippen molar-refractivity contribution < 1.29 is 8.78 Å². The maximum Gasteiger partial charge on any atom is 0.191 e. The summed E-state index contributed by atoms with van der Waals surface area (Å²) in [6, 6.07) is 9.00. The van der Waals surface area contributed by atoms with E-state index in [0.29, 0.717) is 12.0 Å². The third kappa shape index (κ3) is 2.37. The fourth-order valence-electron chi connectivity index (χ4n) is 4.17. The summed E-state index contributed by atoms with van der Waals surface area (Å²) in [5, 5.41) is 29.3. The van der Waals surface area contributed by atoms with E-state index in [9.17, 15) is 24.6 Å². The van der Waals surface area contributed by atoms with E-state index >= 15 is 0 Å². The van der Waals surface area contributed by atoms with E-state index in [-0.39, 0.29) is 22.8 Å². The van der Waals surface area contributed by atoms with E-state index in [1.54, 1.807) is 0 Å². The molecule has 0 fully saturated rings. The molecule has 0 saturated heterocycles. The first-order chi connectivity index (χ1) is 12.4. The molecule has 2 aliphatic rings. The molecule has 0 radical (unpaired) electrons. The Bertz CT molecular complexity index is 941. The lowest BCUT2D eigenvalue weighted by atomic mass is 9.56. The van der Waals surface area contributed by atoms with Crippen LogP contribution in [0.15, 0.2) is 41.1 Å². The molecule has 0 aromatic heterocycles. The van der Waals surface area contributed by atoms with Crippen LogP contribution in [-0.2, 0) is 0 Å². The van der Waals surface area contributed by atoms with Gasteiger partial charge < -0.3 is 5.73 Å². The lowest BCUT2D eigenvalue weighted by Gasteiger charge is -2.44. The number of fused-ring (bicyclic) bond motifs is 1. The molecule has 0 aliphatic heterocycles. The van der Waals surface area contributed by atoms with Crippen molar-refractivity contribution in [1.82, 2.24) is 0 Å². The molecule has 0 amide bonds. The van der Waals surface area contributed by atoms with E-state index in [4.69, 9.17) is 5.73 Å². The Balaban J connectivity index is 2.36. The summed E-state index contributed by atoms with van der Waals surface area (Å²) >= 11 is 0. The molecule has 130 valence electrons. The van der Waals surface area contributed by atoms with Gasteiger partial charge in [0.05, 0.1) is 23.4 Å². The number of nitriles is 3. The molecule has 3 rings (SSSR count). The molecule has 6 heteroatoms. The van der Waals surface area contributed by atoms with Gasteiger partial charge in [-0.05, 0) is 41.9 Å². The quantitative estimate of drug-likeness (QED) is 0.833. The van der Waals surface area contributed by atoms with Gasteiger partial charge >= 0.3 is 0 Å². The van der Waals surface area contributed by atoms with Gasteiger partial charge in [0.25, 0.3) is 0 Å². The van der Waals surface area contributed by atoms with Crippen LogP contribution in [0.3, 0.4) is 0 Å². The first kappa shape index (κ1) is 17.6. The molecule has 0 spiro atoms. The van der Waals surface area contributed by atoms with E-state index in [0.717, 1.165) is 18.6 Å². The third-order valence-electron chi connectivity index (χ3n) is 5.41. The number of hydrogen-bond acceptors (Lipinski definition) is 4. The molecule has 0 saturated carbocycles. The van der Waals surface area contributed by atoms with Crippen LogP contribution in [0.5, 0.6) is 0 Å². The molecule has 2 N–H and O–H groups in total. The fraction of sp³-hybridized carbons (Fsp3) is 0.350. The number of nitrogens with two attached hydrogens (primary N) is 1. The molecule has 1 aromatic carbocycles. The van der Waals surface area contributed by atoms with Crippen LogP contribution < -0.4 is 5.73 Å². The highest BCUT2D eigenvalue weighted by Gasteiger charge is 2.54. The molecule has 26 heavy (non-hydrogen) atoms. The van der Waals surface area contributed by atoms with Crippen LogP contribution in [0.4, 0.5) is 8.78 Å². The van der Waals surface area contributed by atoms with E-state index in [1.807, 2.05) is 31.2 Å². The SMILES string of the molecule is C[C@@H]1CC=C2C(C#N)=C(N)C(C#N)(C#N)[C@H](c3ccc(F)cc3F)[C@H]2C1. The number of nitrogens with zero attached hydrogens (tertiary/aromatic N) is 3.